The SMILES string of the molecule is O=C(O)CC1=NS(=O)(=O)C2=C(CC#CC=N2)N1. The maximum Gasteiger partial charge on any atom is 0.311 e. The van der Waals surface area contributed by atoms with Crippen molar-refractivity contribution in [3.63, 3.8) is 0 Å². The Labute approximate surface area is 97.0 Å². The molecule has 2 N–H and O–H groups in total. The molecule has 0 saturated carbocycles. The van der Waals surface area contributed by atoms with E-state index in [1.807, 2.05) is 0 Å². The lowest BCUT2D eigenvalue weighted by Gasteiger charge is -2.16. The van der Waals surface area contributed by atoms with Gasteiger partial charge in [0.15, 0.2) is 5.03 Å². The van der Waals surface area contributed by atoms with Crippen LogP contribution in [0.4, 0.5) is 0 Å². The standard InChI is InChI=1S/C9H7N3O4S/c13-8(14)5-7-11-6-3-1-2-4-10-9(6)17(15,16)12-7/h4H,3,5H2,(H,11,12)(H,13,14). The number of allylic oxidation sites excluding steroid dienone is 1. The van der Waals surface area contributed by atoms with Crippen LogP contribution < -0.4 is 5.32 Å². The number of carboxylic acid groups (broad SMARTS) is 1. The van der Waals surface area contributed by atoms with Crippen molar-refractivity contribution in [1.82, 2.24) is 5.32 Å². The zero-order valence-corrected chi connectivity index (χ0v) is 9.28. The zero-order valence-electron chi connectivity index (χ0n) is 8.47. The fourth-order valence-corrected chi connectivity index (χ4v) is 2.46. The van der Waals surface area contributed by atoms with Crippen molar-refractivity contribution in [3.05, 3.63) is 10.7 Å². The Morgan fingerprint density at radius 1 is 1.59 bits per heavy atom. The quantitative estimate of drug-likeness (QED) is 0.641. The van der Waals surface area contributed by atoms with Crippen LogP contribution >= 0.6 is 0 Å². The molecule has 0 aromatic heterocycles. The van der Waals surface area contributed by atoms with Gasteiger partial charge in [-0.25, -0.2) is 4.99 Å². The third-order valence-electron chi connectivity index (χ3n) is 1.96. The summed E-state index contributed by atoms with van der Waals surface area (Å²) in [7, 11) is -3.94. The summed E-state index contributed by atoms with van der Waals surface area (Å²) in [6.45, 7) is 0. The molecule has 0 aliphatic carbocycles. The average molecular weight is 253 g/mol. The van der Waals surface area contributed by atoms with E-state index < -0.39 is 22.4 Å². The summed E-state index contributed by atoms with van der Waals surface area (Å²) in [4.78, 5) is 14.2. The van der Waals surface area contributed by atoms with E-state index in [1.54, 1.807) is 0 Å². The maximum absolute atomic E-state index is 11.7. The molecule has 8 heteroatoms. The molecule has 2 aliphatic heterocycles. The number of rotatable bonds is 2. The van der Waals surface area contributed by atoms with Crippen molar-refractivity contribution in [2.45, 2.75) is 12.8 Å². The zero-order chi connectivity index (χ0) is 12.5. The minimum Gasteiger partial charge on any atom is -0.481 e. The van der Waals surface area contributed by atoms with E-state index in [2.05, 4.69) is 26.5 Å². The van der Waals surface area contributed by atoms with E-state index in [9.17, 15) is 13.2 Å². The number of carbonyl (C=O) groups is 1. The summed E-state index contributed by atoms with van der Waals surface area (Å²) in [6.07, 6.45) is 0.847. The van der Waals surface area contributed by atoms with Gasteiger partial charge in [-0.05, 0) is 0 Å². The van der Waals surface area contributed by atoms with Gasteiger partial charge in [0.05, 0.1) is 18.3 Å². The highest BCUT2D eigenvalue weighted by molar-refractivity contribution is 7.94. The van der Waals surface area contributed by atoms with Gasteiger partial charge in [0, 0.05) is 0 Å². The molecular formula is C9H7N3O4S. The van der Waals surface area contributed by atoms with E-state index in [-0.39, 0.29) is 23.0 Å². The Morgan fingerprint density at radius 2 is 2.35 bits per heavy atom. The smallest absolute Gasteiger partial charge is 0.311 e. The molecule has 0 aromatic rings. The first kappa shape index (κ1) is 11.3. The summed E-state index contributed by atoms with van der Waals surface area (Å²) >= 11 is 0. The molecule has 0 aromatic carbocycles. The van der Waals surface area contributed by atoms with Crippen molar-refractivity contribution >= 4 is 28.0 Å². The summed E-state index contributed by atoms with van der Waals surface area (Å²) in [5, 5.41) is 11.0. The number of carboxylic acids is 1. The normalized spacial score (nSPS) is 20.4. The van der Waals surface area contributed by atoms with Gasteiger partial charge in [0.1, 0.15) is 12.3 Å². The second-order valence-electron chi connectivity index (χ2n) is 3.25. The number of hydrogen-bond donors (Lipinski definition) is 2. The predicted molar refractivity (Wildman–Crippen MR) is 59.7 cm³/mol. The Hall–Kier alpha value is -2.14. The highest BCUT2D eigenvalue weighted by Gasteiger charge is 2.28. The molecule has 17 heavy (non-hydrogen) atoms. The second kappa shape index (κ2) is 4.03. The number of nitrogens with one attached hydrogen (secondary N) is 1. The van der Waals surface area contributed by atoms with Gasteiger partial charge >= 0.3 is 16.0 Å². The van der Waals surface area contributed by atoms with Crippen LogP contribution in [0.3, 0.4) is 0 Å². The first-order valence-electron chi connectivity index (χ1n) is 4.56. The number of aliphatic imine (C=N–C) groups is 1. The fourth-order valence-electron chi connectivity index (χ4n) is 1.35. The molecule has 0 unspecified atom stereocenters. The van der Waals surface area contributed by atoms with Crippen LogP contribution in [0.5, 0.6) is 0 Å². The number of hydrogen-bond acceptors (Lipinski definition) is 5. The highest BCUT2D eigenvalue weighted by Crippen LogP contribution is 2.21. The summed E-state index contributed by atoms with van der Waals surface area (Å²) in [5.74, 6) is 3.92. The van der Waals surface area contributed by atoms with E-state index >= 15 is 0 Å². The van der Waals surface area contributed by atoms with Crippen molar-refractivity contribution in [2.24, 2.45) is 9.39 Å². The van der Waals surface area contributed by atoms with E-state index in [4.69, 9.17) is 5.11 Å². The monoisotopic (exact) mass is 253 g/mol. The van der Waals surface area contributed by atoms with Crippen molar-refractivity contribution in [3.8, 4) is 11.8 Å². The second-order valence-corrected chi connectivity index (χ2v) is 4.77. The van der Waals surface area contributed by atoms with Gasteiger partial charge < -0.3 is 10.4 Å². The molecular weight excluding hydrogens is 246 g/mol. The molecule has 0 radical (unpaired) electrons. The van der Waals surface area contributed by atoms with Crippen LogP contribution in [0.1, 0.15) is 12.8 Å². The number of nitrogens with zero attached hydrogens (tertiary/aromatic N) is 2. The molecule has 7 nitrogen and oxygen atoms in total. The topological polar surface area (TPSA) is 108 Å². The number of sulfonamides is 1. The van der Waals surface area contributed by atoms with Gasteiger partial charge in [0.25, 0.3) is 0 Å². The van der Waals surface area contributed by atoms with Gasteiger partial charge in [0.2, 0.25) is 0 Å². The minimum absolute atomic E-state index is 0.129. The van der Waals surface area contributed by atoms with E-state index in [1.165, 1.54) is 6.21 Å². The molecule has 0 amide bonds. The molecule has 0 atom stereocenters. The summed E-state index contributed by atoms with van der Waals surface area (Å²) in [5.41, 5.74) is 0.262. The van der Waals surface area contributed by atoms with Gasteiger partial charge in [-0.1, -0.05) is 11.8 Å². The van der Waals surface area contributed by atoms with Gasteiger partial charge in [-0.3, -0.25) is 4.79 Å². The number of amidine groups is 1. The van der Waals surface area contributed by atoms with Gasteiger partial charge in [-0.2, -0.15) is 8.42 Å². The Morgan fingerprint density at radius 3 is 3.06 bits per heavy atom. The average Bonchev–Trinajstić information content (AvgIpc) is 2.40. The lowest BCUT2D eigenvalue weighted by atomic mass is 10.3. The Bertz CT molecular complexity index is 631. The van der Waals surface area contributed by atoms with Gasteiger partial charge in [-0.15, -0.1) is 4.40 Å². The molecule has 0 spiro atoms. The largest absolute Gasteiger partial charge is 0.481 e. The van der Waals surface area contributed by atoms with Crippen LogP contribution in [0, 0.1) is 11.8 Å². The summed E-state index contributed by atoms with van der Waals surface area (Å²) in [6, 6.07) is 0. The van der Waals surface area contributed by atoms with Crippen LogP contribution in [0.2, 0.25) is 0 Å². The molecule has 88 valence electrons. The molecule has 0 saturated heterocycles. The van der Waals surface area contributed by atoms with Crippen LogP contribution in [-0.4, -0.2) is 31.5 Å². The van der Waals surface area contributed by atoms with E-state index in [0.29, 0.717) is 0 Å². The lowest BCUT2D eigenvalue weighted by Crippen LogP contribution is -2.32. The highest BCUT2D eigenvalue weighted by atomic mass is 32.2. The lowest BCUT2D eigenvalue weighted by molar-refractivity contribution is -0.135. The molecule has 0 bridgehead atoms. The van der Waals surface area contributed by atoms with Crippen molar-refractivity contribution in [1.29, 1.82) is 0 Å². The van der Waals surface area contributed by atoms with E-state index in [0.717, 1.165) is 0 Å². The first-order valence-corrected chi connectivity index (χ1v) is 6.00. The third-order valence-corrected chi connectivity index (χ3v) is 3.26. The Kier molecular flexibility index (Phi) is 2.69. The van der Waals surface area contributed by atoms with Crippen molar-refractivity contribution < 1.29 is 18.3 Å². The minimum atomic E-state index is -3.94. The molecule has 2 heterocycles. The molecule has 0 fully saturated rings. The van der Waals surface area contributed by atoms with Crippen LogP contribution in [0.25, 0.3) is 0 Å². The predicted octanol–water partition coefficient (Wildman–Crippen LogP) is -0.560. The summed E-state index contributed by atoms with van der Waals surface area (Å²) < 4.78 is 26.8. The van der Waals surface area contributed by atoms with Crippen LogP contribution in [0.15, 0.2) is 20.1 Å². The number of aliphatic carboxylic acids is 1. The maximum atomic E-state index is 11.7. The van der Waals surface area contributed by atoms with Crippen molar-refractivity contribution in [2.75, 3.05) is 0 Å². The molecule has 2 aliphatic rings. The Balaban J connectivity index is 2.41. The van der Waals surface area contributed by atoms with Crippen LogP contribution in [-0.2, 0) is 14.8 Å². The fraction of sp³-hybridized carbons (Fsp3) is 0.222. The molecule has 2 rings (SSSR count). The first-order chi connectivity index (χ1) is 7.99. The third kappa shape index (κ3) is 2.34.